The molecular weight excluding hydrogens is 269 g/mol. The molecule has 78 valence electrons. The van der Waals surface area contributed by atoms with Gasteiger partial charge in [-0.3, -0.25) is 4.79 Å². The molecule has 0 aliphatic heterocycles. The van der Waals surface area contributed by atoms with Crippen LogP contribution in [0.2, 0.25) is 0 Å². The number of anilines is 1. The van der Waals surface area contributed by atoms with Gasteiger partial charge in [0, 0.05) is 12.4 Å². The lowest BCUT2D eigenvalue weighted by molar-refractivity contribution is 0.694. The molecule has 0 amide bonds. The first kappa shape index (κ1) is 11.5. The minimum atomic E-state index is -0.193. The highest BCUT2D eigenvalue weighted by Gasteiger charge is 2.06. The topological polar surface area (TPSA) is 57.8 Å². The fourth-order valence-electron chi connectivity index (χ4n) is 0.832. The van der Waals surface area contributed by atoms with Crippen molar-refractivity contribution in [3.63, 3.8) is 0 Å². The van der Waals surface area contributed by atoms with Gasteiger partial charge < -0.3 is 10.3 Å². The Bertz CT molecular complexity index is 355. The number of hydrogen-bond acceptors (Lipinski definition) is 3. The van der Waals surface area contributed by atoms with Crippen molar-refractivity contribution in [2.75, 3.05) is 17.7 Å². The second kappa shape index (κ2) is 5.36. The SMILES string of the molecule is CC(CCl)CNc1nc[nH]c(=O)c1Br. The maximum Gasteiger partial charge on any atom is 0.267 e. The van der Waals surface area contributed by atoms with E-state index in [0.717, 1.165) is 0 Å². The van der Waals surface area contributed by atoms with Crippen molar-refractivity contribution < 1.29 is 0 Å². The minimum absolute atomic E-state index is 0.193. The van der Waals surface area contributed by atoms with E-state index in [0.29, 0.717) is 28.6 Å². The molecule has 1 unspecified atom stereocenters. The molecule has 1 rings (SSSR count). The van der Waals surface area contributed by atoms with E-state index < -0.39 is 0 Å². The Balaban J connectivity index is 2.68. The van der Waals surface area contributed by atoms with Crippen LogP contribution in [0.25, 0.3) is 0 Å². The number of hydrogen-bond donors (Lipinski definition) is 2. The van der Waals surface area contributed by atoms with E-state index in [1.807, 2.05) is 6.92 Å². The number of H-pyrrole nitrogens is 1. The minimum Gasteiger partial charge on any atom is -0.369 e. The van der Waals surface area contributed by atoms with Gasteiger partial charge in [0.25, 0.3) is 5.56 Å². The van der Waals surface area contributed by atoms with Gasteiger partial charge in [-0.15, -0.1) is 11.6 Å². The molecule has 0 aliphatic carbocycles. The number of aromatic amines is 1. The Hall–Kier alpha value is -0.550. The van der Waals surface area contributed by atoms with Gasteiger partial charge in [0.05, 0.1) is 6.33 Å². The van der Waals surface area contributed by atoms with E-state index in [4.69, 9.17) is 11.6 Å². The summed E-state index contributed by atoms with van der Waals surface area (Å²) in [6, 6.07) is 0. The molecule has 1 aromatic heterocycles. The van der Waals surface area contributed by atoms with Crippen LogP contribution in [0.4, 0.5) is 5.82 Å². The number of nitrogens with one attached hydrogen (secondary N) is 2. The summed E-state index contributed by atoms with van der Waals surface area (Å²) in [5.41, 5.74) is -0.193. The molecule has 0 saturated heterocycles. The summed E-state index contributed by atoms with van der Waals surface area (Å²) in [6.45, 7) is 2.71. The summed E-state index contributed by atoms with van der Waals surface area (Å²) in [4.78, 5) is 17.6. The van der Waals surface area contributed by atoms with Crippen LogP contribution in [0.1, 0.15) is 6.92 Å². The molecule has 0 saturated carbocycles. The normalized spacial score (nSPS) is 12.5. The van der Waals surface area contributed by atoms with Crippen molar-refractivity contribution in [1.29, 1.82) is 0 Å². The van der Waals surface area contributed by atoms with Crippen molar-refractivity contribution in [2.24, 2.45) is 5.92 Å². The largest absolute Gasteiger partial charge is 0.369 e. The van der Waals surface area contributed by atoms with Crippen molar-refractivity contribution in [2.45, 2.75) is 6.92 Å². The molecular formula is C8H11BrClN3O. The summed E-state index contributed by atoms with van der Waals surface area (Å²) in [5.74, 6) is 1.46. The summed E-state index contributed by atoms with van der Waals surface area (Å²) in [5, 5.41) is 3.04. The van der Waals surface area contributed by atoms with Crippen LogP contribution in [-0.4, -0.2) is 22.4 Å². The van der Waals surface area contributed by atoms with E-state index in [1.54, 1.807) is 0 Å². The number of alkyl halides is 1. The first-order valence-corrected chi connectivity index (χ1v) is 5.51. The van der Waals surface area contributed by atoms with E-state index in [9.17, 15) is 4.79 Å². The van der Waals surface area contributed by atoms with Gasteiger partial charge >= 0.3 is 0 Å². The summed E-state index contributed by atoms with van der Waals surface area (Å²) in [7, 11) is 0. The molecule has 0 radical (unpaired) electrons. The highest BCUT2D eigenvalue weighted by molar-refractivity contribution is 9.10. The standard InChI is InChI=1S/C8H11BrClN3O/c1-5(2-10)3-11-7-6(9)8(14)13-4-12-7/h4-5H,2-3H2,1H3,(H2,11,12,13,14). The molecule has 1 aromatic rings. The maximum absolute atomic E-state index is 11.1. The van der Waals surface area contributed by atoms with Crippen LogP contribution in [0, 0.1) is 5.92 Å². The van der Waals surface area contributed by atoms with Gasteiger partial charge in [0.2, 0.25) is 0 Å². The lowest BCUT2D eigenvalue weighted by Crippen LogP contribution is -2.17. The number of rotatable bonds is 4. The third-order valence-electron chi connectivity index (χ3n) is 1.68. The lowest BCUT2D eigenvalue weighted by atomic mass is 10.2. The van der Waals surface area contributed by atoms with Crippen LogP contribution < -0.4 is 10.9 Å². The fourth-order valence-corrected chi connectivity index (χ4v) is 1.30. The monoisotopic (exact) mass is 279 g/mol. The molecule has 14 heavy (non-hydrogen) atoms. The highest BCUT2D eigenvalue weighted by Crippen LogP contribution is 2.13. The van der Waals surface area contributed by atoms with Crippen molar-refractivity contribution >= 4 is 33.3 Å². The van der Waals surface area contributed by atoms with E-state index in [2.05, 4.69) is 31.2 Å². The smallest absolute Gasteiger partial charge is 0.267 e. The van der Waals surface area contributed by atoms with Crippen molar-refractivity contribution in [1.82, 2.24) is 9.97 Å². The molecule has 4 nitrogen and oxygen atoms in total. The van der Waals surface area contributed by atoms with Crippen LogP contribution >= 0.6 is 27.5 Å². The average molecular weight is 281 g/mol. The van der Waals surface area contributed by atoms with Gasteiger partial charge in [-0.05, 0) is 21.8 Å². The quantitative estimate of drug-likeness (QED) is 0.827. The Morgan fingerprint density at radius 2 is 2.50 bits per heavy atom. The second-order valence-corrected chi connectivity index (χ2v) is 4.14. The third-order valence-corrected chi connectivity index (χ3v) is 2.94. The zero-order valence-corrected chi connectivity index (χ0v) is 10.0. The van der Waals surface area contributed by atoms with E-state index >= 15 is 0 Å². The lowest BCUT2D eigenvalue weighted by Gasteiger charge is -2.10. The van der Waals surface area contributed by atoms with E-state index in [1.165, 1.54) is 6.33 Å². The predicted octanol–water partition coefficient (Wildman–Crippen LogP) is 1.82. The van der Waals surface area contributed by atoms with Crippen LogP contribution in [0.15, 0.2) is 15.6 Å². The zero-order valence-electron chi connectivity index (χ0n) is 7.68. The molecule has 0 aromatic carbocycles. The molecule has 0 spiro atoms. The molecule has 0 bridgehead atoms. The number of halogens is 2. The van der Waals surface area contributed by atoms with Crippen LogP contribution in [-0.2, 0) is 0 Å². The summed E-state index contributed by atoms with van der Waals surface area (Å²) >= 11 is 8.80. The maximum atomic E-state index is 11.1. The Morgan fingerprint density at radius 1 is 1.79 bits per heavy atom. The molecule has 2 N–H and O–H groups in total. The van der Waals surface area contributed by atoms with E-state index in [-0.39, 0.29) is 5.56 Å². The fraction of sp³-hybridized carbons (Fsp3) is 0.500. The second-order valence-electron chi connectivity index (χ2n) is 3.03. The van der Waals surface area contributed by atoms with Crippen molar-refractivity contribution in [3.8, 4) is 0 Å². The van der Waals surface area contributed by atoms with Gasteiger partial charge in [-0.25, -0.2) is 4.98 Å². The predicted molar refractivity (Wildman–Crippen MR) is 60.9 cm³/mol. The summed E-state index contributed by atoms with van der Waals surface area (Å²) < 4.78 is 0.418. The molecule has 1 atom stereocenters. The van der Waals surface area contributed by atoms with Gasteiger partial charge in [-0.2, -0.15) is 0 Å². The average Bonchev–Trinajstić information content (AvgIpc) is 2.20. The third kappa shape index (κ3) is 2.99. The molecule has 0 aliphatic rings. The van der Waals surface area contributed by atoms with Crippen LogP contribution in [0.5, 0.6) is 0 Å². The zero-order chi connectivity index (χ0) is 10.6. The first-order chi connectivity index (χ1) is 6.65. The Morgan fingerprint density at radius 3 is 3.14 bits per heavy atom. The molecule has 6 heteroatoms. The van der Waals surface area contributed by atoms with Crippen molar-refractivity contribution in [3.05, 3.63) is 21.2 Å². The Kier molecular flexibility index (Phi) is 4.41. The Labute approximate surface area is 95.2 Å². The first-order valence-electron chi connectivity index (χ1n) is 4.18. The summed E-state index contributed by atoms with van der Waals surface area (Å²) in [6.07, 6.45) is 1.36. The van der Waals surface area contributed by atoms with Gasteiger partial charge in [0.1, 0.15) is 10.3 Å². The number of nitrogens with zero attached hydrogens (tertiary/aromatic N) is 1. The van der Waals surface area contributed by atoms with Gasteiger partial charge in [-0.1, -0.05) is 6.92 Å². The van der Waals surface area contributed by atoms with Crippen LogP contribution in [0.3, 0.4) is 0 Å². The molecule has 1 heterocycles. The molecule has 0 fully saturated rings. The highest BCUT2D eigenvalue weighted by atomic mass is 79.9. The van der Waals surface area contributed by atoms with Gasteiger partial charge in [0.15, 0.2) is 0 Å². The number of aromatic nitrogens is 2.